The van der Waals surface area contributed by atoms with Gasteiger partial charge in [-0.25, -0.2) is 4.98 Å². The number of hydrogen-bond acceptors (Lipinski definition) is 5. The number of rotatable bonds is 6. The molecule has 1 saturated carbocycles. The van der Waals surface area contributed by atoms with Crippen LogP contribution in [-0.4, -0.2) is 44.3 Å². The molecule has 0 bridgehead atoms. The maximum atomic E-state index is 13.2. The van der Waals surface area contributed by atoms with E-state index in [2.05, 4.69) is 20.3 Å². The van der Waals surface area contributed by atoms with Crippen molar-refractivity contribution in [3.8, 4) is 16.9 Å². The molecule has 1 atom stereocenters. The minimum Gasteiger partial charge on any atom is -0.434 e. The topological polar surface area (TPSA) is 100 Å². The fourth-order valence-corrected chi connectivity index (χ4v) is 4.60. The number of carbonyl (C=O) groups is 2. The predicted molar refractivity (Wildman–Crippen MR) is 117 cm³/mol. The summed E-state index contributed by atoms with van der Waals surface area (Å²) in [6, 6.07) is 3.36. The lowest BCUT2D eigenvalue weighted by Crippen LogP contribution is -2.34. The fourth-order valence-electron chi connectivity index (χ4n) is 4.60. The molecule has 1 fully saturated rings. The highest BCUT2D eigenvalue weighted by Gasteiger charge is 2.40. The molecule has 2 aromatic heterocycles. The first kappa shape index (κ1) is 21.3. The van der Waals surface area contributed by atoms with Gasteiger partial charge in [-0.2, -0.15) is 13.8 Å². The van der Waals surface area contributed by atoms with Crippen LogP contribution in [0.15, 0.2) is 18.3 Å². The average molecular weight is 455 g/mol. The number of benzene rings is 1. The third-order valence-corrected chi connectivity index (χ3v) is 6.32. The second-order valence-corrected chi connectivity index (χ2v) is 8.64. The maximum Gasteiger partial charge on any atom is 0.387 e. The van der Waals surface area contributed by atoms with Gasteiger partial charge in [-0.05, 0) is 55.9 Å². The van der Waals surface area contributed by atoms with Crippen LogP contribution in [0.5, 0.6) is 5.75 Å². The molecule has 172 valence electrons. The lowest BCUT2D eigenvalue weighted by Gasteiger charge is -2.24. The molecule has 3 aromatic rings. The van der Waals surface area contributed by atoms with Crippen LogP contribution < -0.4 is 10.1 Å². The van der Waals surface area contributed by atoms with Gasteiger partial charge >= 0.3 is 6.61 Å². The number of aryl methyl sites for hydroxylation is 1. The van der Waals surface area contributed by atoms with Crippen molar-refractivity contribution >= 4 is 28.8 Å². The summed E-state index contributed by atoms with van der Waals surface area (Å²) < 4.78 is 31.3. The van der Waals surface area contributed by atoms with Crippen molar-refractivity contribution in [2.75, 3.05) is 5.32 Å². The van der Waals surface area contributed by atoms with Gasteiger partial charge in [-0.3, -0.25) is 14.9 Å². The predicted octanol–water partition coefficient (Wildman–Crippen LogP) is 4.25. The normalized spacial score (nSPS) is 16.4. The van der Waals surface area contributed by atoms with Gasteiger partial charge in [0.2, 0.25) is 11.9 Å². The van der Waals surface area contributed by atoms with Gasteiger partial charge in [0, 0.05) is 36.7 Å². The number of nitrogens with one attached hydrogen (secondary N) is 2. The summed E-state index contributed by atoms with van der Waals surface area (Å²) in [7, 11) is 0. The Morgan fingerprint density at radius 2 is 2.06 bits per heavy atom. The summed E-state index contributed by atoms with van der Waals surface area (Å²) in [6.07, 6.45) is 3.85. The molecule has 3 heterocycles. The Hall–Kier alpha value is -3.56. The highest BCUT2D eigenvalue weighted by Crippen LogP contribution is 2.43. The van der Waals surface area contributed by atoms with Crippen molar-refractivity contribution < 1.29 is 23.1 Å². The van der Waals surface area contributed by atoms with E-state index in [1.165, 1.54) is 13.0 Å². The van der Waals surface area contributed by atoms with Gasteiger partial charge in [0.15, 0.2) is 0 Å². The molecule has 0 radical (unpaired) electrons. The number of ether oxygens (including phenoxy) is 1. The van der Waals surface area contributed by atoms with E-state index in [-0.39, 0.29) is 35.1 Å². The van der Waals surface area contributed by atoms with Crippen LogP contribution in [-0.2, 0) is 11.3 Å². The second-order valence-electron chi connectivity index (χ2n) is 8.64. The highest BCUT2D eigenvalue weighted by atomic mass is 19.3. The molecular formula is C23H23F2N5O3. The van der Waals surface area contributed by atoms with Gasteiger partial charge in [-0.1, -0.05) is 0 Å². The van der Waals surface area contributed by atoms with E-state index >= 15 is 0 Å². The van der Waals surface area contributed by atoms with E-state index in [1.54, 1.807) is 18.0 Å². The van der Waals surface area contributed by atoms with E-state index < -0.39 is 6.61 Å². The first-order chi connectivity index (χ1) is 15.7. The molecule has 2 N–H and O–H groups in total. The number of nitrogens with zero attached hydrogens (tertiary/aromatic N) is 3. The zero-order chi connectivity index (χ0) is 23.4. The van der Waals surface area contributed by atoms with Crippen molar-refractivity contribution in [3.05, 3.63) is 35.2 Å². The molecule has 0 saturated heterocycles. The Bertz CT molecular complexity index is 1280. The van der Waals surface area contributed by atoms with Crippen LogP contribution in [0.3, 0.4) is 0 Å². The van der Waals surface area contributed by atoms with Gasteiger partial charge in [-0.15, -0.1) is 0 Å². The minimum absolute atomic E-state index is 0.0451. The summed E-state index contributed by atoms with van der Waals surface area (Å²) in [6.45, 7) is 2.44. The number of carbonyl (C=O) groups excluding carboxylic acids is 2. The number of alkyl halides is 2. The number of H-pyrrole nitrogens is 1. The summed E-state index contributed by atoms with van der Waals surface area (Å²) in [4.78, 5) is 37.9. The van der Waals surface area contributed by atoms with E-state index in [1.807, 2.05) is 13.0 Å². The zero-order valence-electron chi connectivity index (χ0n) is 18.4. The Labute approximate surface area is 188 Å². The fraction of sp³-hybridized carbons (Fsp3) is 0.391. The Balaban J connectivity index is 1.60. The number of anilines is 1. The molecule has 5 rings (SSSR count). The Kier molecular flexibility index (Phi) is 5.02. The maximum absolute atomic E-state index is 13.2. The second kappa shape index (κ2) is 7.79. The van der Waals surface area contributed by atoms with Gasteiger partial charge in [0.1, 0.15) is 11.4 Å². The smallest absolute Gasteiger partial charge is 0.387 e. The van der Waals surface area contributed by atoms with E-state index in [4.69, 9.17) is 4.74 Å². The molecule has 10 heteroatoms. The van der Waals surface area contributed by atoms with Crippen LogP contribution in [0.1, 0.15) is 48.3 Å². The van der Waals surface area contributed by atoms with Crippen LogP contribution in [0, 0.1) is 12.8 Å². The molecule has 0 spiro atoms. The SMILES string of the molecule is CC(=O)Nc1nc(C)c2c(-c3cc4c(c(OC(F)F)c3)C(=O)N([C@@H](C)C3CC3)C4)c[nH]c2n1. The Morgan fingerprint density at radius 3 is 2.73 bits per heavy atom. The van der Waals surface area contributed by atoms with Crippen molar-refractivity contribution in [2.24, 2.45) is 5.92 Å². The molecule has 1 aliphatic carbocycles. The lowest BCUT2D eigenvalue weighted by atomic mass is 9.99. The summed E-state index contributed by atoms with van der Waals surface area (Å²) in [5.41, 5.74) is 3.27. The number of halogens is 2. The summed E-state index contributed by atoms with van der Waals surface area (Å²) >= 11 is 0. The summed E-state index contributed by atoms with van der Waals surface area (Å²) in [5, 5.41) is 3.25. The van der Waals surface area contributed by atoms with Crippen LogP contribution in [0.25, 0.3) is 22.2 Å². The van der Waals surface area contributed by atoms with Crippen LogP contribution >= 0.6 is 0 Å². The average Bonchev–Trinajstić information content (AvgIpc) is 3.40. The quantitative estimate of drug-likeness (QED) is 0.579. The molecule has 8 nitrogen and oxygen atoms in total. The Morgan fingerprint density at radius 1 is 1.30 bits per heavy atom. The standard InChI is InChI=1S/C23H23F2N5O3/c1-10-18-16(8-26-20(18)29-23(27-10)28-12(3)31)14-6-15-9-30(11(2)13-4-5-13)21(32)19(15)17(7-14)33-22(24)25/h6-8,11,13,22H,4-5,9H2,1-3H3,(H2,26,27,28,29,31)/t11-/m0/s1. The lowest BCUT2D eigenvalue weighted by molar-refractivity contribution is -0.114. The summed E-state index contributed by atoms with van der Waals surface area (Å²) in [5.74, 6) is -0.0661. The largest absolute Gasteiger partial charge is 0.434 e. The minimum atomic E-state index is -3.06. The number of amides is 2. The molecule has 2 amide bonds. The third-order valence-electron chi connectivity index (χ3n) is 6.32. The molecule has 1 aromatic carbocycles. The van der Waals surface area contributed by atoms with Gasteiger partial charge in [0.25, 0.3) is 5.91 Å². The van der Waals surface area contributed by atoms with Crippen molar-refractivity contribution in [3.63, 3.8) is 0 Å². The molecule has 2 aliphatic rings. The number of aromatic nitrogens is 3. The first-order valence-corrected chi connectivity index (χ1v) is 10.8. The van der Waals surface area contributed by atoms with E-state index in [0.717, 1.165) is 12.8 Å². The molecular weight excluding hydrogens is 432 g/mol. The van der Waals surface area contributed by atoms with Crippen LogP contribution in [0.4, 0.5) is 14.7 Å². The number of hydrogen-bond donors (Lipinski definition) is 2. The molecule has 33 heavy (non-hydrogen) atoms. The first-order valence-electron chi connectivity index (χ1n) is 10.8. The van der Waals surface area contributed by atoms with E-state index in [9.17, 15) is 18.4 Å². The number of fused-ring (bicyclic) bond motifs is 2. The zero-order valence-corrected chi connectivity index (χ0v) is 18.4. The monoisotopic (exact) mass is 455 g/mol. The van der Waals surface area contributed by atoms with Crippen molar-refractivity contribution in [1.29, 1.82) is 0 Å². The van der Waals surface area contributed by atoms with Crippen LogP contribution in [0.2, 0.25) is 0 Å². The van der Waals surface area contributed by atoms with Crippen molar-refractivity contribution in [2.45, 2.75) is 52.8 Å². The van der Waals surface area contributed by atoms with Crippen molar-refractivity contribution in [1.82, 2.24) is 19.9 Å². The highest BCUT2D eigenvalue weighted by molar-refractivity contribution is 6.03. The molecule has 0 unspecified atom stereocenters. The third kappa shape index (κ3) is 3.79. The molecule has 1 aliphatic heterocycles. The number of aromatic amines is 1. The van der Waals surface area contributed by atoms with Gasteiger partial charge in [0.05, 0.1) is 11.3 Å². The van der Waals surface area contributed by atoms with Gasteiger partial charge < -0.3 is 14.6 Å². The van der Waals surface area contributed by atoms with E-state index in [0.29, 0.717) is 45.9 Å².